The fourth-order valence-corrected chi connectivity index (χ4v) is 1.09. The van der Waals surface area contributed by atoms with Crippen LogP contribution in [0.2, 0.25) is 0 Å². The van der Waals surface area contributed by atoms with E-state index in [2.05, 4.69) is 5.32 Å². The van der Waals surface area contributed by atoms with Gasteiger partial charge in [-0.3, -0.25) is 4.79 Å². The Morgan fingerprint density at radius 1 is 1.60 bits per heavy atom. The summed E-state index contributed by atoms with van der Waals surface area (Å²) in [5.41, 5.74) is 5.88. The van der Waals surface area contributed by atoms with Gasteiger partial charge in [0.25, 0.3) is 0 Å². The summed E-state index contributed by atoms with van der Waals surface area (Å²) in [6, 6.07) is 4.41. The monoisotopic (exact) mass is 212 g/mol. The van der Waals surface area contributed by atoms with Crippen LogP contribution in [-0.4, -0.2) is 19.6 Å². The molecule has 0 radical (unpaired) electrons. The van der Waals surface area contributed by atoms with Crippen molar-refractivity contribution in [1.82, 2.24) is 5.32 Å². The van der Waals surface area contributed by atoms with E-state index in [4.69, 9.17) is 10.5 Å². The van der Waals surface area contributed by atoms with Crippen LogP contribution in [0.15, 0.2) is 18.2 Å². The van der Waals surface area contributed by atoms with Crippen molar-refractivity contribution >= 4 is 5.91 Å². The van der Waals surface area contributed by atoms with Crippen molar-refractivity contribution in [3.8, 4) is 5.75 Å². The Labute approximate surface area is 87.2 Å². The fraction of sp³-hybridized carbons (Fsp3) is 0.300. The molecule has 0 aliphatic heterocycles. The first-order chi connectivity index (χ1) is 7.17. The summed E-state index contributed by atoms with van der Waals surface area (Å²) in [7, 11) is 1.39. The normalized spacial score (nSPS) is 9.80. The van der Waals surface area contributed by atoms with Crippen LogP contribution in [0.4, 0.5) is 4.39 Å². The van der Waals surface area contributed by atoms with Gasteiger partial charge in [-0.25, -0.2) is 4.39 Å². The molecule has 4 nitrogen and oxygen atoms in total. The lowest BCUT2D eigenvalue weighted by atomic mass is 10.2. The summed E-state index contributed by atoms with van der Waals surface area (Å²) in [5.74, 6) is -0.515. The van der Waals surface area contributed by atoms with E-state index in [-0.39, 0.29) is 18.2 Å². The number of rotatable bonds is 4. The number of carbonyl (C=O) groups excluding carboxylic acids is 1. The number of hydrogen-bond donors (Lipinski definition) is 2. The minimum absolute atomic E-state index is 0.0572. The molecule has 1 amide bonds. The Hall–Kier alpha value is -1.62. The first kappa shape index (κ1) is 11.5. The molecule has 0 aliphatic rings. The summed E-state index contributed by atoms with van der Waals surface area (Å²) in [4.78, 5) is 10.9. The van der Waals surface area contributed by atoms with Gasteiger partial charge in [0, 0.05) is 6.54 Å². The molecule has 0 aromatic heterocycles. The molecule has 1 rings (SSSR count). The van der Waals surface area contributed by atoms with Gasteiger partial charge in [-0.1, -0.05) is 6.07 Å². The molecule has 0 saturated heterocycles. The third-order valence-electron chi connectivity index (χ3n) is 1.89. The SMILES string of the molecule is COc1cc(CNC(=O)CN)ccc1F. The van der Waals surface area contributed by atoms with Gasteiger partial charge < -0.3 is 15.8 Å². The highest BCUT2D eigenvalue weighted by atomic mass is 19.1. The van der Waals surface area contributed by atoms with E-state index in [0.29, 0.717) is 6.54 Å². The standard InChI is InChI=1S/C10H13FN2O2/c1-15-9-4-7(2-3-8(9)11)6-13-10(14)5-12/h2-4H,5-6,12H2,1H3,(H,13,14). The number of amides is 1. The summed E-state index contributed by atoms with van der Waals surface area (Å²) in [5, 5.41) is 2.58. The van der Waals surface area contributed by atoms with Crippen molar-refractivity contribution in [3.63, 3.8) is 0 Å². The first-order valence-electron chi connectivity index (χ1n) is 4.46. The molecule has 0 atom stereocenters. The van der Waals surface area contributed by atoms with Crippen LogP contribution in [0.1, 0.15) is 5.56 Å². The molecule has 0 bridgehead atoms. The molecule has 0 aliphatic carbocycles. The molecular weight excluding hydrogens is 199 g/mol. The topological polar surface area (TPSA) is 64.3 Å². The van der Waals surface area contributed by atoms with Crippen molar-refractivity contribution in [3.05, 3.63) is 29.6 Å². The second-order valence-corrected chi connectivity index (χ2v) is 2.95. The Morgan fingerprint density at radius 2 is 2.33 bits per heavy atom. The average Bonchev–Trinajstić information content (AvgIpc) is 2.27. The molecule has 82 valence electrons. The zero-order chi connectivity index (χ0) is 11.3. The molecule has 0 saturated carbocycles. The number of carbonyl (C=O) groups is 1. The number of methoxy groups -OCH3 is 1. The molecule has 0 fully saturated rings. The molecule has 0 spiro atoms. The van der Waals surface area contributed by atoms with Crippen molar-refractivity contribution in [2.24, 2.45) is 5.73 Å². The van der Waals surface area contributed by atoms with Crippen LogP contribution in [-0.2, 0) is 11.3 Å². The van der Waals surface area contributed by atoms with E-state index in [1.165, 1.54) is 19.2 Å². The third-order valence-corrected chi connectivity index (χ3v) is 1.89. The molecular formula is C10H13FN2O2. The summed E-state index contributed by atoms with van der Waals surface area (Å²) in [6.07, 6.45) is 0. The first-order valence-corrected chi connectivity index (χ1v) is 4.46. The average molecular weight is 212 g/mol. The maximum absolute atomic E-state index is 13.0. The van der Waals surface area contributed by atoms with E-state index >= 15 is 0 Å². The van der Waals surface area contributed by atoms with Crippen LogP contribution in [0.3, 0.4) is 0 Å². The third kappa shape index (κ3) is 3.21. The lowest BCUT2D eigenvalue weighted by molar-refractivity contribution is -0.119. The smallest absolute Gasteiger partial charge is 0.234 e. The van der Waals surface area contributed by atoms with E-state index in [1.54, 1.807) is 6.07 Å². The molecule has 5 heteroatoms. The van der Waals surface area contributed by atoms with Crippen LogP contribution >= 0.6 is 0 Å². The second-order valence-electron chi connectivity index (χ2n) is 2.95. The number of halogens is 1. The minimum atomic E-state index is -0.425. The highest BCUT2D eigenvalue weighted by Gasteiger charge is 2.04. The van der Waals surface area contributed by atoms with Crippen molar-refractivity contribution < 1.29 is 13.9 Å². The largest absolute Gasteiger partial charge is 0.494 e. The Balaban J connectivity index is 2.66. The number of nitrogens with one attached hydrogen (secondary N) is 1. The van der Waals surface area contributed by atoms with Crippen molar-refractivity contribution in [2.45, 2.75) is 6.54 Å². The van der Waals surface area contributed by atoms with Crippen molar-refractivity contribution in [1.29, 1.82) is 0 Å². The Bertz CT molecular complexity index is 355. The van der Waals surface area contributed by atoms with Gasteiger partial charge in [-0.15, -0.1) is 0 Å². The highest BCUT2D eigenvalue weighted by molar-refractivity contribution is 5.77. The van der Waals surface area contributed by atoms with Crippen LogP contribution in [0, 0.1) is 5.82 Å². The maximum Gasteiger partial charge on any atom is 0.234 e. The molecule has 1 aromatic carbocycles. The number of ether oxygens (including phenoxy) is 1. The molecule has 1 aromatic rings. The van der Waals surface area contributed by atoms with Gasteiger partial charge in [0.1, 0.15) is 0 Å². The molecule has 0 heterocycles. The maximum atomic E-state index is 13.0. The molecule has 3 N–H and O–H groups in total. The number of hydrogen-bond acceptors (Lipinski definition) is 3. The minimum Gasteiger partial charge on any atom is -0.494 e. The number of nitrogens with two attached hydrogens (primary N) is 1. The fourth-order valence-electron chi connectivity index (χ4n) is 1.09. The van der Waals surface area contributed by atoms with Gasteiger partial charge >= 0.3 is 0 Å². The van der Waals surface area contributed by atoms with Crippen molar-refractivity contribution in [2.75, 3.05) is 13.7 Å². The lowest BCUT2D eigenvalue weighted by Gasteiger charge is -2.06. The highest BCUT2D eigenvalue weighted by Crippen LogP contribution is 2.17. The van der Waals surface area contributed by atoms with Gasteiger partial charge in [0.15, 0.2) is 11.6 Å². The van der Waals surface area contributed by atoms with E-state index in [1.807, 2.05) is 0 Å². The second kappa shape index (κ2) is 5.31. The zero-order valence-corrected chi connectivity index (χ0v) is 8.42. The summed E-state index contributed by atoms with van der Waals surface area (Å²) in [6.45, 7) is 0.255. The lowest BCUT2D eigenvalue weighted by Crippen LogP contribution is -2.29. The van der Waals surface area contributed by atoms with Crippen LogP contribution in [0.5, 0.6) is 5.75 Å². The van der Waals surface area contributed by atoms with E-state index in [9.17, 15) is 9.18 Å². The summed E-state index contributed by atoms with van der Waals surface area (Å²) >= 11 is 0. The van der Waals surface area contributed by atoms with Gasteiger partial charge in [-0.2, -0.15) is 0 Å². The van der Waals surface area contributed by atoms with Crippen LogP contribution in [0.25, 0.3) is 0 Å². The van der Waals surface area contributed by atoms with E-state index in [0.717, 1.165) is 5.56 Å². The van der Waals surface area contributed by atoms with Gasteiger partial charge in [0.05, 0.1) is 13.7 Å². The molecule has 0 unspecified atom stereocenters. The predicted octanol–water partition coefficient (Wildman–Crippen LogP) is 0.409. The van der Waals surface area contributed by atoms with Gasteiger partial charge in [-0.05, 0) is 17.7 Å². The predicted molar refractivity (Wildman–Crippen MR) is 53.9 cm³/mol. The summed E-state index contributed by atoms with van der Waals surface area (Å²) < 4.78 is 17.8. The Morgan fingerprint density at radius 3 is 2.93 bits per heavy atom. The van der Waals surface area contributed by atoms with Gasteiger partial charge in [0.2, 0.25) is 5.91 Å². The van der Waals surface area contributed by atoms with Crippen LogP contribution < -0.4 is 15.8 Å². The Kier molecular flexibility index (Phi) is 4.05. The quantitative estimate of drug-likeness (QED) is 0.759. The zero-order valence-electron chi connectivity index (χ0n) is 8.42. The van der Waals surface area contributed by atoms with E-state index < -0.39 is 5.82 Å². The number of benzene rings is 1. The molecule has 15 heavy (non-hydrogen) atoms.